The lowest BCUT2D eigenvalue weighted by Crippen LogP contribution is -2.16. The summed E-state index contributed by atoms with van der Waals surface area (Å²) in [4.78, 5) is 14.5. The SMILES string of the molecule is CCC(C)Nc1cc(C(=O)O)cc(C(F)F)n1. The fraction of sp³-hybridized carbons (Fsp3) is 0.455. The number of aromatic nitrogens is 1. The molecule has 1 heterocycles. The van der Waals surface area contributed by atoms with Gasteiger partial charge in [-0.2, -0.15) is 0 Å². The predicted octanol–water partition coefficient (Wildman–Crippen LogP) is 2.93. The van der Waals surface area contributed by atoms with Crippen molar-refractivity contribution in [2.45, 2.75) is 32.7 Å². The number of aromatic carboxylic acids is 1. The highest BCUT2D eigenvalue weighted by atomic mass is 19.3. The van der Waals surface area contributed by atoms with Crippen LogP contribution in [0.15, 0.2) is 12.1 Å². The monoisotopic (exact) mass is 244 g/mol. The molecule has 2 N–H and O–H groups in total. The second-order valence-electron chi connectivity index (χ2n) is 3.73. The molecule has 0 aliphatic carbocycles. The molecule has 0 bridgehead atoms. The Kier molecular flexibility index (Phi) is 4.37. The van der Waals surface area contributed by atoms with Crippen LogP contribution in [0.2, 0.25) is 0 Å². The quantitative estimate of drug-likeness (QED) is 0.835. The number of pyridine rings is 1. The number of halogens is 2. The summed E-state index contributed by atoms with van der Waals surface area (Å²) >= 11 is 0. The van der Waals surface area contributed by atoms with Crippen molar-refractivity contribution in [3.63, 3.8) is 0 Å². The van der Waals surface area contributed by atoms with E-state index < -0.39 is 18.1 Å². The van der Waals surface area contributed by atoms with Crippen molar-refractivity contribution < 1.29 is 18.7 Å². The first-order valence-electron chi connectivity index (χ1n) is 5.24. The van der Waals surface area contributed by atoms with E-state index in [1.165, 1.54) is 6.07 Å². The lowest BCUT2D eigenvalue weighted by atomic mass is 10.2. The van der Waals surface area contributed by atoms with Crippen molar-refractivity contribution in [3.8, 4) is 0 Å². The van der Waals surface area contributed by atoms with Gasteiger partial charge in [0.05, 0.1) is 5.56 Å². The van der Waals surface area contributed by atoms with Gasteiger partial charge < -0.3 is 10.4 Å². The van der Waals surface area contributed by atoms with Crippen LogP contribution in [0.25, 0.3) is 0 Å². The Morgan fingerprint density at radius 3 is 2.65 bits per heavy atom. The molecule has 0 saturated heterocycles. The number of carboxylic acids is 1. The third-order valence-electron chi connectivity index (χ3n) is 2.32. The largest absolute Gasteiger partial charge is 0.478 e. The second kappa shape index (κ2) is 5.56. The van der Waals surface area contributed by atoms with E-state index in [4.69, 9.17) is 5.11 Å². The molecule has 1 unspecified atom stereocenters. The number of hydrogen-bond acceptors (Lipinski definition) is 3. The summed E-state index contributed by atoms with van der Waals surface area (Å²) in [7, 11) is 0. The van der Waals surface area contributed by atoms with Gasteiger partial charge in [-0.15, -0.1) is 0 Å². The molecule has 0 aliphatic rings. The maximum absolute atomic E-state index is 12.5. The van der Waals surface area contributed by atoms with Crippen LogP contribution >= 0.6 is 0 Å². The van der Waals surface area contributed by atoms with Gasteiger partial charge in [0.25, 0.3) is 6.43 Å². The molecular weight excluding hydrogens is 230 g/mol. The molecule has 0 fully saturated rings. The minimum Gasteiger partial charge on any atom is -0.478 e. The van der Waals surface area contributed by atoms with Gasteiger partial charge in [-0.3, -0.25) is 0 Å². The third kappa shape index (κ3) is 3.65. The molecule has 0 aliphatic heterocycles. The molecule has 94 valence electrons. The summed E-state index contributed by atoms with van der Waals surface area (Å²) in [6.07, 6.45) is -2.00. The van der Waals surface area contributed by atoms with Crippen LogP contribution < -0.4 is 5.32 Å². The molecular formula is C11H14F2N2O2. The van der Waals surface area contributed by atoms with E-state index in [0.717, 1.165) is 12.5 Å². The van der Waals surface area contributed by atoms with E-state index in [0.29, 0.717) is 0 Å². The van der Waals surface area contributed by atoms with Gasteiger partial charge >= 0.3 is 5.97 Å². The summed E-state index contributed by atoms with van der Waals surface area (Å²) < 4.78 is 25.1. The fourth-order valence-electron chi connectivity index (χ4n) is 1.22. The van der Waals surface area contributed by atoms with Crippen molar-refractivity contribution in [2.24, 2.45) is 0 Å². The van der Waals surface area contributed by atoms with Crippen LogP contribution in [0, 0.1) is 0 Å². The van der Waals surface area contributed by atoms with E-state index in [2.05, 4.69) is 10.3 Å². The van der Waals surface area contributed by atoms with Crippen molar-refractivity contribution in [2.75, 3.05) is 5.32 Å². The van der Waals surface area contributed by atoms with Crippen LogP contribution in [0.5, 0.6) is 0 Å². The Balaban J connectivity index is 3.08. The Labute approximate surface area is 97.7 Å². The maximum Gasteiger partial charge on any atom is 0.335 e. The standard InChI is InChI=1S/C11H14F2N2O2/c1-3-6(2)14-9-5-7(11(16)17)4-8(15-9)10(12)13/h4-6,10H,3H2,1-2H3,(H,14,15)(H,16,17). The van der Waals surface area contributed by atoms with E-state index in [1.807, 2.05) is 13.8 Å². The first-order valence-corrected chi connectivity index (χ1v) is 5.24. The first-order chi connectivity index (χ1) is 7.93. The van der Waals surface area contributed by atoms with Crippen molar-refractivity contribution in [3.05, 3.63) is 23.4 Å². The highest BCUT2D eigenvalue weighted by Gasteiger charge is 2.15. The minimum absolute atomic E-state index is 0.0390. The molecule has 0 amide bonds. The maximum atomic E-state index is 12.5. The minimum atomic E-state index is -2.79. The lowest BCUT2D eigenvalue weighted by Gasteiger charge is -2.13. The van der Waals surface area contributed by atoms with Crippen LogP contribution in [0.4, 0.5) is 14.6 Å². The molecule has 1 aromatic rings. The van der Waals surface area contributed by atoms with Gasteiger partial charge in [-0.1, -0.05) is 6.92 Å². The van der Waals surface area contributed by atoms with E-state index in [1.54, 1.807) is 0 Å². The molecule has 1 rings (SSSR count). The normalized spacial score (nSPS) is 12.5. The number of nitrogens with one attached hydrogen (secondary N) is 1. The van der Waals surface area contributed by atoms with Gasteiger partial charge in [-0.05, 0) is 25.5 Å². The van der Waals surface area contributed by atoms with Gasteiger partial charge in [0.2, 0.25) is 0 Å². The van der Waals surface area contributed by atoms with Crippen molar-refractivity contribution in [1.82, 2.24) is 4.98 Å². The summed E-state index contributed by atoms with van der Waals surface area (Å²) in [6.45, 7) is 3.78. The topological polar surface area (TPSA) is 62.2 Å². The molecule has 1 aromatic heterocycles. The first kappa shape index (κ1) is 13.3. The van der Waals surface area contributed by atoms with E-state index >= 15 is 0 Å². The van der Waals surface area contributed by atoms with Crippen LogP contribution in [0.3, 0.4) is 0 Å². The zero-order valence-electron chi connectivity index (χ0n) is 9.58. The number of anilines is 1. The van der Waals surface area contributed by atoms with Gasteiger partial charge in [-0.25, -0.2) is 18.6 Å². The summed E-state index contributed by atoms with van der Waals surface area (Å²) in [5.74, 6) is -1.09. The van der Waals surface area contributed by atoms with Crippen molar-refractivity contribution in [1.29, 1.82) is 0 Å². The third-order valence-corrected chi connectivity index (χ3v) is 2.32. The fourth-order valence-corrected chi connectivity index (χ4v) is 1.22. The second-order valence-corrected chi connectivity index (χ2v) is 3.73. The number of carboxylic acid groups (broad SMARTS) is 1. The lowest BCUT2D eigenvalue weighted by molar-refractivity contribution is 0.0696. The number of alkyl halides is 2. The molecule has 17 heavy (non-hydrogen) atoms. The highest BCUT2D eigenvalue weighted by molar-refractivity contribution is 5.88. The van der Waals surface area contributed by atoms with Crippen LogP contribution in [-0.4, -0.2) is 22.1 Å². The Morgan fingerprint density at radius 1 is 1.53 bits per heavy atom. The number of rotatable bonds is 5. The predicted molar refractivity (Wildman–Crippen MR) is 59.5 cm³/mol. The van der Waals surface area contributed by atoms with E-state index in [-0.39, 0.29) is 17.4 Å². The summed E-state index contributed by atoms with van der Waals surface area (Å²) in [5.41, 5.74) is -0.725. The molecule has 0 radical (unpaired) electrons. The highest BCUT2D eigenvalue weighted by Crippen LogP contribution is 2.21. The van der Waals surface area contributed by atoms with Gasteiger partial charge in [0.1, 0.15) is 11.5 Å². The summed E-state index contributed by atoms with van der Waals surface area (Å²) in [6, 6.07) is 2.17. The average molecular weight is 244 g/mol. The zero-order chi connectivity index (χ0) is 13.0. The molecule has 0 aromatic carbocycles. The number of nitrogens with zero attached hydrogens (tertiary/aromatic N) is 1. The zero-order valence-corrected chi connectivity index (χ0v) is 9.58. The van der Waals surface area contributed by atoms with E-state index in [9.17, 15) is 13.6 Å². The van der Waals surface area contributed by atoms with Gasteiger partial charge in [0, 0.05) is 6.04 Å². The molecule has 4 nitrogen and oxygen atoms in total. The molecule has 0 spiro atoms. The molecule has 6 heteroatoms. The molecule has 1 atom stereocenters. The Hall–Kier alpha value is -1.72. The van der Waals surface area contributed by atoms with Crippen LogP contribution in [0.1, 0.15) is 42.7 Å². The Morgan fingerprint density at radius 2 is 2.18 bits per heavy atom. The molecule has 0 saturated carbocycles. The number of hydrogen-bond donors (Lipinski definition) is 2. The smallest absolute Gasteiger partial charge is 0.335 e. The Bertz CT molecular complexity index is 410. The summed E-state index contributed by atoms with van der Waals surface area (Å²) in [5, 5.41) is 11.7. The van der Waals surface area contributed by atoms with Crippen LogP contribution in [-0.2, 0) is 0 Å². The number of carbonyl (C=O) groups is 1. The van der Waals surface area contributed by atoms with Gasteiger partial charge in [0.15, 0.2) is 0 Å². The average Bonchev–Trinajstić information content (AvgIpc) is 2.28. The van der Waals surface area contributed by atoms with Crippen molar-refractivity contribution >= 4 is 11.8 Å².